The fourth-order valence-electron chi connectivity index (χ4n) is 19.0. The Morgan fingerprint density at radius 3 is 0.604 bits per heavy atom. The van der Waals surface area contributed by atoms with Gasteiger partial charge in [0.2, 0.25) is 0 Å². The lowest BCUT2D eigenvalue weighted by Gasteiger charge is -2.38. The van der Waals surface area contributed by atoms with Crippen LogP contribution in [-0.2, 0) is 62.3 Å². The van der Waals surface area contributed by atoms with E-state index in [9.17, 15) is 0 Å². The van der Waals surface area contributed by atoms with Crippen molar-refractivity contribution in [3.05, 3.63) is 436 Å². The predicted octanol–water partition coefficient (Wildman–Crippen LogP) is 30.5. The zero-order valence-electron chi connectivity index (χ0n) is 87.1. The van der Waals surface area contributed by atoms with Crippen LogP contribution in [0.25, 0.3) is 89.4 Å². The van der Waals surface area contributed by atoms with Gasteiger partial charge in [-0.15, -0.1) is 0 Å². The molecule has 0 radical (unpaired) electrons. The van der Waals surface area contributed by atoms with Crippen LogP contribution in [0.15, 0.2) is 358 Å². The van der Waals surface area contributed by atoms with E-state index in [2.05, 4.69) is 392 Å². The number of fused-ring (bicyclic) bond motifs is 3. The quantitative estimate of drug-likeness (QED) is 0.0209. The zero-order valence-corrected chi connectivity index (χ0v) is 87.1. The summed E-state index contributed by atoms with van der Waals surface area (Å²) in [5, 5.41) is 2.03. The summed E-state index contributed by atoms with van der Waals surface area (Å²) in [4.78, 5) is 25.3. The highest BCUT2D eigenvalue weighted by molar-refractivity contribution is 6.04. The standard InChI is InChI=1S/C131H137N5O8/c1-124(2,3)98-36-48-104(49-37-98)130(105-50-38-99(39-51-105)125(4,5)6,106-52-40-100(41-53-106)126(7,8)9)110-60-68-114(69-61-110)143-86-82-139-78-76-137-80-84-141-112-64-28-91(29-65-112)97-35-75-119(133-89-97)121-21-19-20-120(134-121)118-74-34-96(88-132-118)90-22-24-92(25-23-90)116-72-32-94-26-27-95-33-73-117(136-123(95)122(94)135-116)93-30-66-113(67-31-93)142-85-81-138-77-79-140-83-87-144-115-70-62-111(63-71-115)131(107-54-42-101(43-55-107)127(10,11)12,108-56-44-102(45-57-108)128(13,14)15)109-58-46-103(47-59-109)129(16,17)18/h19-75,88-89H,76-87H2,1-18H3. The lowest BCUT2D eigenvalue weighted by Crippen LogP contribution is -2.31. The number of pyridine rings is 5. The Kier molecular flexibility index (Phi) is 30.7. The molecule has 0 bridgehead atoms. The number of benzene rings is 12. The van der Waals surface area contributed by atoms with Crippen LogP contribution >= 0.6 is 0 Å². The van der Waals surface area contributed by atoms with Crippen molar-refractivity contribution in [2.45, 2.75) is 168 Å². The summed E-state index contributed by atoms with van der Waals surface area (Å²) >= 11 is 0. The summed E-state index contributed by atoms with van der Waals surface area (Å²) in [6.07, 6.45) is 3.79. The van der Waals surface area contributed by atoms with Gasteiger partial charge in [-0.3, -0.25) is 9.97 Å². The second-order valence-corrected chi connectivity index (χ2v) is 43.9. The summed E-state index contributed by atoms with van der Waals surface area (Å²) in [6.45, 7) is 46.0. The van der Waals surface area contributed by atoms with Crippen molar-refractivity contribution >= 4 is 21.8 Å². The van der Waals surface area contributed by atoms with Gasteiger partial charge in [-0.25, -0.2) is 15.0 Å². The van der Waals surface area contributed by atoms with E-state index in [-0.39, 0.29) is 32.5 Å². The molecule has 17 rings (SSSR count). The van der Waals surface area contributed by atoms with Crippen LogP contribution in [0.3, 0.4) is 0 Å². The highest BCUT2D eigenvalue weighted by Crippen LogP contribution is 2.50. The maximum Gasteiger partial charge on any atom is 0.119 e. The molecule has 0 amide bonds. The van der Waals surface area contributed by atoms with Gasteiger partial charge in [-0.2, -0.15) is 0 Å². The summed E-state index contributed by atoms with van der Waals surface area (Å²) in [5.74, 6) is 3.08. The molecule has 0 unspecified atom stereocenters. The molecule has 0 atom stereocenters. The summed E-state index contributed by atoms with van der Waals surface area (Å²) in [7, 11) is 0. The molecule has 0 saturated heterocycles. The number of hydrogen-bond acceptors (Lipinski definition) is 13. The molecule has 5 heterocycles. The number of rotatable bonds is 36. The van der Waals surface area contributed by atoms with Crippen molar-refractivity contribution < 1.29 is 37.9 Å². The Morgan fingerprint density at radius 2 is 0.361 bits per heavy atom. The fourth-order valence-corrected chi connectivity index (χ4v) is 19.0. The molecule has 0 fully saturated rings. The summed E-state index contributed by atoms with van der Waals surface area (Å²) in [6, 6.07) is 124. The second kappa shape index (κ2) is 43.6. The van der Waals surface area contributed by atoms with Crippen molar-refractivity contribution in [1.29, 1.82) is 0 Å². The molecule has 13 heteroatoms. The Morgan fingerprint density at radius 1 is 0.167 bits per heavy atom. The van der Waals surface area contributed by atoms with E-state index in [0.717, 1.165) is 123 Å². The molecular weight excluding hydrogens is 1770 g/mol. The maximum absolute atomic E-state index is 6.31. The number of hydrogen-bond donors (Lipinski definition) is 0. The van der Waals surface area contributed by atoms with E-state index >= 15 is 0 Å². The van der Waals surface area contributed by atoms with Gasteiger partial charge >= 0.3 is 0 Å². The average molecular weight is 1910 g/mol. The van der Waals surface area contributed by atoms with Gasteiger partial charge < -0.3 is 37.9 Å². The van der Waals surface area contributed by atoms with Crippen LogP contribution in [0.5, 0.6) is 23.0 Å². The Balaban J connectivity index is 0.437. The maximum atomic E-state index is 6.31. The van der Waals surface area contributed by atoms with Gasteiger partial charge in [0.1, 0.15) is 49.4 Å². The highest BCUT2D eigenvalue weighted by Gasteiger charge is 2.42. The van der Waals surface area contributed by atoms with Crippen LogP contribution in [0.4, 0.5) is 0 Å². The van der Waals surface area contributed by atoms with Crippen molar-refractivity contribution in [1.82, 2.24) is 24.9 Å². The molecule has 0 saturated carbocycles. The van der Waals surface area contributed by atoms with Gasteiger partial charge in [0.25, 0.3) is 0 Å². The van der Waals surface area contributed by atoms with E-state index < -0.39 is 10.8 Å². The summed E-state index contributed by atoms with van der Waals surface area (Å²) < 4.78 is 48.6. The number of aromatic nitrogens is 5. The lowest BCUT2D eigenvalue weighted by molar-refractivity contribution is 0.0273. The van der Waals surface area contributed by atoms with Gasteiger partial charge in [0.05, 0.1) is 109 Å². The molecule has 17 aromatic rings. The molecule has 734 valence electrons. The first-order valence-corrected chi connectivity index (χ1v) is 50.7. The second-order valence-electron chi connectivity index (χ2n) is 43.9. The minimum absolute atomic E-state index is 0.0168. The monoisotopic (exact) mass is 1910 g/mol. The number of ether oxygens (including phenoxy) is 8. The first-order valence-electron chi connectivity index (χ1n) is 50.7. The smallest absolute Gasteiger partial charge is 0.119 e. The van der Waals surface area contributed by atoms with Gasteiger partial charge in [-0.1, -0.05) is 373 Å². The predicted molar refractivity (Wildman–Crippen MR) is 590 cm³/mol. The van der Waals surface area contributed by atoms with E-state index in [1.165, 1.54) is 66.8 Å². The van der Waals surface area contributed by atoms with Crippen LogP contribution in [0.2, 0.25) is 0 Å². The van der Waals surface area contributed by atoms with E-state index in [4.69, 9.17) is 62.8 Å². The Hall–Kier alpha value is -14.1. The molecule has 0 aliphatic heterocycles. The first-order chi connectivity index (χ1) is 69.1. The minimum Gasteiger partial charge on any atom is -0.491 e. The molecule has 0 aliphatic carbocycles. The van der Waals surface area contributed by atoms with Crippen LogP contribution in [-0.4, -0.2) is 104 Å². The zero-order chi connectivity index (χ0) is 101. The van der Waals surface area contributed by atoms with Crippen LogP contribution in [0, 0.1) is 0 Å². The third kappa shape index (κ3) is 23.7. The highest BCUT2D eigenvalue weighted by atomic mass is 16.6. The Bertz CT molecular complexity index is 6840. The molecule has 0 spiro atoms. The van der Waals surface area contributed by atoms with Crippen molar-refractivity contribution in [2.75, 3.05) is 79.3 Å². The number of nitrogens with zero attached hydrogens (tertiary/aromatic N) is 5. The molecular formula is C131H137N5O8. The Labute approximate surface area is 852 Å². The average Bonchev–Trinajstić information content (AvgIpc) is 0.830. The summed E-state index contributed by atoms with van der Waals surface area (Å²) in [5.41, 5.74) is 28.7. The van der Waals surface area contributed by atoms with Gasteiger partial charge in [0, 0.05) is 45.4 Å². The van der Waals surface area contributed by atoms with Crippen molar-refractivity contribution in [3.8, 4) is 90.5 Å². The topological polar surface area (TPSA) is 138 Å². The first kappa shape index (κ1) is 101. The minimum atomic E-state index is -0.607. The largest absolute Gasteiger partial charge is 0.491 e. The van der Waals surface area contributed by atoms with Crippen molar-refractivity contribution in [2.24, 2.45) is 0 Å². The van der Waals surface area contributed by atoms with E-state index in [0.29, 0.717) is 79.3 Å². The normalized spacial score (nSPS) is 12.4. The third-order valence-corrected chi connectivity index (χ3v) is 27.6. The SMILES string of the molecule is CC(C)(C)c1ccc(C(c2ccc(OCCOCCOCCOc3ccc(-c4ccc(-c5cccc(-c6ccc(-c7ccc(-c8ccc9ccc%10ccc(-c%11ccc(OCCOCCOCCOc%12ccc(C(c%13ccc(C(C)(C)C)cc%13)(c%13ccc(C(C)(C)C)cc%13)c%13ccc(C(C)(C)C)cc%13)cc%12)cc%11)nc%10c9n8)cc7)cn6)n5)nc4)cc3)cc2)(c2ccc(C(C)(C)C)cc2)c2ccc(C(C)(C)C)cc2)cc1. The molecule has 12 aromatic carbocycles. The van der Waals surface area contributed by atoms with E-state index in [1.807, 2.05) is 91.3 Å². The lowest BCUT2D eigenvalue weighted by atomic mass is 9.64. The fraction of sp³-hybridized carbons (Fsp3) is 0.290. The van der Waals surface area contributed by atoms with Gasteiger partial charge in [-0.05, 0) is 219 Å². The molecule has 0 N–H and O–H groups in total. The third-order valence-electron chi connectivity index (χ3n) is 27.6. The van der Waals surface area contributed by atoms with E-state index in [1.54, 1.807) is 0 Å². The van der Waals surface area contributed by atoms with Crippen molar-refractivity contribution in [3.63, 3.8) is 0 Å². The molecule has 144 heavy (non-hydrogen) atoms. The van der Waals surface area contributed by atoms with Crippen LogP contribution < -0.4 is 18.9 Å². The van der Waals surface area contributed by atoms with Gasteiger partial charge in [0.15, 0.2) is 0 Å². The molecule has 5 aromatic heterocycles. The molecule has 0 aliphatic rings. The molecule has 13 nitrogen and oxygen atoms in total. The van der Waals surface area contributed by atoms with Crippen LogP contribution in [0.1, 0.15) is 203 Å².